The zero-order chi connectivity index (χ0) is 15.8. The minimum atomic E-state index is 0.0175. The highest BCUT2D eigenvalue weighted by Crippen LogP contribution is 2.18. The van der Waals surface area contributed by atoms with Crippen molar-refractivity contribution in [3.8, 4) is 5.75 Å². The number of hydrogen-bond donors (Lipinski definition) is 1. The summed E-state index contributed by atoms with van der Waals surface area (Å²) in [5.41, 5.74) is 0.786. The van der Waals surface area contributed by atoms with Crippen LogP contribution in [0.15, 0.2) is 29.6 Å². The lowest BCUT2D eigenvalue weighted by atomic mass is 10.3. The van der Waals surface area contributed by atoms with E-state index >= 15 is 0 Å². The van der Waals surface area contributed by atoms with Gasteiger partial charge in [-0.15, -0.1) is 11.3 Å². The van der Waals surface area contributed by atoms with Crippen LogP contribution in [-0.2, 0) is 17.8 Å². The Balaban J connectivity index is 1.78. The molecule has 0 spiro atoms. The van der Waals surface area contributed by atoms with E-state index in [-0.39, 0.29) is 5.91 Å². The average Bonchev–Trinajstić information content (AvgIpc) is 2.94. The predicted octanol–water partition coefficient (Wildman–Crippen LogP) is 3.83. The molecule has 0 aliphatic rings. The quantitative estimate of drug-likeness (QED) is 0.744. The van der Waals surface area contributed by atoms with Crippen LogP contribution in [0.2, 0.25) is 5.02 Å². The number of unbranched alkanes of at least 4 members (excludes halogenated alkanes) is 1. The van der Waals surface area contributed by atoms with Gasteiger partial charge in [0.15, 0.2) is 0 Å². The number of halogens is 1. The molecule has 0 bridgehead atoms. The Labute approximate surface area is 139 Å². The van der Waals surface area contributed by atoms with Crippen molar-refractivity contribution in [2.75, 3.05) is 6.54 Å². The standard InChI is InChI=1S/C16H19ClN2O2S/c1-2-3-8-18-15(20)9-13-11-22-16(19-13)10-21-14-6-4-12(17)5-7-14/h4-7,11H,2-3,8-10H2,1H3,(H,18,20). The van der Waals surface area contributed by atoms with Gasteiger partial charge in [-0.05, 0) is 30.7 Å². The Bertz CT molecular complexity index is 598. The van der Waals surface area contributed by atoms with E-state index in [0.29, 0.717) is 18.1 Å². The van der Waals surface area contributed by atoms with Gasteiger partial charge >= 0.3 is 0 Å². The fourth-order valence-corrected chi connectivity index (χ4v) is 2.63. The molecule has 118 valence electrons. The summed E-state index contributed by atoms with van der Waals surface area (Å²) >= 11 is 7.32. The van der Waals surface area contributed by atoms with Crippen LogP contribution >= 0.6 is 22.9 Å². The molecule has 0 unspecified atom stereocenters. The van der Waals surface area contributed by atoms with Crippen molar-refractivity contribution in [1.29, 1.82) is 0 Å². The lowest BCUT2D eigenvalue weighted by Gasteiger charge is -2.03. The normalized spacial score (nSPS) is 10.5. The molecule has 0 saturated heterocycles. The number of nitrogens with one attached hydrogen (secondary N) is 1. The lowest BCUT2D eigenvalue weighted by molar-refractivity contribution is -0.120. The Hall–Kier alpha value is -1.59. The highest BCUT2D eigenvalue weighted by Gasteiger charge is 2.08. The zero-order valence-corrected chi connectivity index (χ0v) is 14.0. The molecule has 2 aromatic rings. The SMILES string of the molecule is CCCCNC(=O)Cc1csc(COc2ccc(Cl)cc2)n1. The topological polar surface area (TPSA) is 51.2 Å². The van der Waals surface area contributed by atoms with E-state index in [1.165, 1.54) is 11.3 Å². The fraction of sp³-hybridized carbons (Fsp3) is 0.375. The van der Waals surface area contributed by atoms with E-state index in [2.05, 4.69) is 17.2 Å². The number of rotatable bonds is 8. The molecule has 2 rings (SSSR count). The molecule has 1 amide bonds. The van der Waals surface area contributed by atoms with Crippen LogP contribution < -0.4 is 10.1 Å². The first-order valence-electron chi connectivity index (χ1n) is 7.25. The molecule has 0 atom stereocenters. The predicted molar refractivity (Wildman–Crippen MR) is 89.5 cm³/mol. The zero-order valence-electron chi connectivity index (χ0n) is 12.5. The molecular formula is C16H19ClN2O2S. The second kappa shape index (κ2) is 8.76. The Kier molecular flexibility index (Phi) is 6.68. The number of aromatic nitrogens is 1. The smallest absolute Gasteiger partial charge is 0.226 e. The minimum absolute atomic E-state index is 0.0175. The number of amides is 1. The van der Waals surface area contributed by atoms with Gasteiger partial charge < -0.3 is 10.1 Å². The molecule has 4 nitrogen and oxygen atoms in total. The highest BCUT2D eigenvalue weighted by atomic mass is 35.5. The van der Waals surface area contributed by atoms with Gasteiger partial charge in [0.05, 0.1) is 12.1 Å². The molecular weight excluding hydrogens is 320 g/mol. The third-order valence-electron chi connectivity index (χ3n) is 2.97. The van der Waals surface area contributed by atoms with E-state index in [4.69, 9.17) is 16.3 Å². The van der Waals surface area contributed by atoms with E-state index in [0.717, 1.165) is 35.8 Å². The van der Waals surface area contributed by atoms with Gasteiger partial charge in [0, 0.05) is 16.9 Å². The molecule has 0 aliphatic carbocycles. The maximum Gasteiger partial charge on any atom is 0.226 e. The maximum absolute atomic E-state index is 11.7. The van der Waals surface area contributed by atoms with Crippen LogP contribution in [-0.4, -0.2) is 17.4 Å². The van der Waals surface area contributed by atoms with Gasteiger partial charge in [0.25, 0.3) is 0 Å². The molecule has 1 N–H and O–H groups in total. The second-order valence-electron chi connectivity index (χ2n) is 4.86. The summed E-state index contributed by atoms with van der Waals surface area (Å²) < 4.78 is 5.63. The lowest BCUT2D eigenvalue weighted by Crippen LogP contribution is -2.26. The molecule has 0 saturated carbocycles. The van der Waals surface area contributed by atoms with Gasteiger partial charge in [-0.3, -0.25) is 4.79 Å². The number of carbonyl (C=O) groups excluding carboxylic acids is 1. The van der Waals surface area contributed by atoms with Gasteiger partial charge in [-0.25, -0.2) is 4.98 Å². The third-order valence-corrected chi connectivity index (χ3v) is 4.09. The van der Waals surface area contributed by atoms with Crippen molar-refractivity contribution in [3.63, 3.8) is 0 Å². The summed E-state index contributed by atoms with van der Waals surface area (Å²) in [6, 6.07) is 7.20. The summed E-state index contributed by atoms with van der Waals surface area (Å²) in [7, 11) is 0. The number of benzene rings is 1. The molecule has 1 heterocycles. The summed E-state index contributed by atoms with van der Waals surface area (Å²) in [5, 5.41) is 6.32. The van der Waals surface area contributed by atoms with Crippen LogP contribution in [0.3, 0.4) is 0 Å². The largest absolute Gasteiger partial charge is 0.486 e. The summed E-state index contributed by atoms with van der Waals surface area (Å²) in [6.45, 7) is 3.22. The second-order valence-corrected chi connectivity index (χ2v) is 6.23. The number of carbonyl (C=O) groups is 1. The van der Waals surface area contributed by atoms with Gasteiger partial charge in [0.1, 0.15) is 17.4 Å². The van der Waals surface area contributed by atoms with Crippen molar-refractivity contribution in [2.24, 2.45) is 0 Å². The Morgan fingerprint density at radius 2 is 2.14 bits per heavy atom. The van der Waals surface area contributed by atoms with Crippen LogP contribution in [0.25, 0.3) is 0 Å². The number of nitrogens with zero attached hydrogens (tertiary/aromatic N) is 1. The number of hydrogen-bond acceptors (Lipinski definition) is 4. The number of thiazole rings is 1. The Morgan fingerprint density at radius 1 is 1.36 bits per heavy atom. The number of ether oxygens (including phenoxy) is 1. The molecule has 6 heteroatoms. The summed E-state index contributed by atoms with van der Waals surface area (Å²) in [5.74, 6) is 0.766. The first-order valence-corrected chi connectivity index (χ1v) is 8.51. The maximum atomic E-state index is 11.7. The highest BCUT2D eigenvalue weighted by molar-refractivity contribution is 7.09. The van der Waals surface area contributed by atoms with Crippen molar-refractivity contribution in [1.82, 2.24) is 10.3 Å². The van der Waals surface area contributed by atoms with Gasteiger partial charge in [0.2, 0.25) is 5.91 Å². The van der Waals surface area contributed by atoms with Crippen molar-refractivity contribution >= 4 is 28.8 Å². The van der Waals surface area contributed by atoms with Gasteiger partial charge in [-0.1, -0.05) is 24.9 Å². The van der Waals surface area contributed by atoms with Crippen molar-refractivity contribution in [2.45, 2.75) is 32.8 Å². The van der Waals surface area contributed by atoms with Gasteiger partial charge in [-0.2, -0.15) is 0 Å². The first-order chi connectivity index (χ1) is 10.7. The molecule has 0 aliphatic heterocycles. The minimum Gasteiger partial charge on any atom is -0.486 e. The average molecular weight is 339 g/mol. The van der Waals surface area contributed by atoms with Crippen molar-refractivity contribution in [3.05, 3.63) is 45.4 Å². The first kappa shape index (κ1) is 16.8. The molecule has 0 radical (unpaired) electrons. The van der Waals surface area contributed by atoms with E-state index in [9.17, 15) is 4.79 Å². The van der Waals surface area contributed by atoms with E-state index in [1.54, 1.807) is 12.1 Å². The monoisotopic (exact) mass is 338 g/mol. The Morgan fingerprint density at radius 3 is 2.86 bits per heavy atom. The molecule has 1 aromatic carbocycles. The molecule has 0 fully saturated rings. The molecule has 1 aromatic heterocycles. The van der Waals surface area contributed by atoms with Crippen LogP contribution in [0.4, 0.5) is 0 Å². The molecule has 22 heavy (non-hydrogen) atoms. The van der Waals surface area contributed by atoms with Crippen LogP contribution in [0, 0.1) is 0 Å². The third kappa shape index (κ3) is 5.66. The van der Waals surface area contributed by atoms with Crippen LogP contribution in [0.5, 0.6) is 5.75 Å². The fourth-order valence-electron chi connectivity index (χ4n) is 1.80. The summed E-state index contributed by atoms with van der Waals surface area (Å²) in [4.78, 5) is 16.1. The van der Waals surface area contributed by atoms with E-state index < -0.39 is 0 Å². The van der Waals surface area contributed by atoms with Crippen molar-refractivity contribution < 1.29 is 9.53 Å². The van der Waals surface area contributed by atoms with E-state index in [1.807, 2.05) is 17.5 Å². The van der Waals surface area contributed by atoms with Crippen LogP contribution in [0.1, 0.15) is 30.5 Å². The summed E-state index contributed by atoms with van der Waals surface area (Å²) in [6.07, 6.45) is 2.40.